The minimum absolute atomic E-state index is 0.0417. The van der Waals surface area contributed by atoms with Crippen molar-refractivity contribution in [2.24, 2.45) is 16.7 Å². The number of cyclic esters (lactones) is 1. The van der Waals surface area contributed by atoms with E-state index in [0.29, 0.717) is 12.0 Å². The van der Waals surface area contributed by atoms with E-state index in [1.807, 2.05) is 20.8 Å². The molecule has 0 spiro atoms. The van der Waals surface area contributed by atoms with E-state index < -0.39 is 59.4 Å². The molecule has 0 unspecified atom stereocenters. The number of hydrogen-bond donors (Lipinski definition) is 0. The predicted octanol–water partition coefficient (Wildman–Crippen LogP) is 5.75. The summed E-state index contributed by atoms with van der Waals surface area (Å²) >= 11 is 0. The van der Waals surface area contributed by atoms with Gasteiger partial charge in [0.25, 0.3) is 0 Å². The monoisotopic (exact) mass is 522 g/mol. The van der Waals surface area contributed by atoms with Crippen LogP contribution in [0, 0.1) is 16.7 Å². The summed E-state index contributed by atoms with van der Waals surface area (Å²) in [6.45, 7) is 22.8. The largest absolute Gasteiger partial charge is 0.435 e. The van der Waals surface area contributed by atoms with E-state index >= 15 is 0 Å². The maximum absolute atomic E-state index is 13.6. The van der Waals surface area contributed by atoms with Gasteiger partial charge in [0.1, 0.15) is 0 Å². The van der Waals surface area contributed by atoms with E-state index in [0.717, 1.165) is 0 Å². The van der Waals surface area contributed by atoms with Crippen LogP contribution in [0.2, 0.25) is 18.1 Å². The van der Waals surface area contributed by atoms with Crippen LogP contribution in [0.25, 0.3) is 0 Å². The quantitative estimate of drug-likeness (QED) is 0.278. The van der Waals surface area contributed by atoms with Crippen LogP contribution in [0.1, 0.15) is 54.9 Å². The fourth-order valence-corrected chi connectivity index (χ4v) is 7.63. The Morgan fingerprint density at radius 3 is 2.20 bits per heavy atom. The van der Waals surface area contributed by atoms with Crippen molar-refractivity contribution in [3.05, 3.63) is 42.5 Å². The molecule has 196 valence electrons. The van der Waals surface area contributed by atoms with Crippen molar-refractivity contribution in [2.45, 2.75) is 96.4 Å². The van der Waals surface area contributed by atoms with Crippen LogP contribution in [0.3, 0.4) is 0 Å². The molecule has 0 N–H and O–H groups in total. The first kappa shape index (κ1) is 28.1. The minimum Gasteiger partial charge on any atom is -0.435 e. The molecule has 1 saturated carbocycles. The van der Waals surface area contributed by atoms with Gasteiger partial charge in [-0.15, -0.1) is 0 Å². The predicted molar refractivity (Wildman–Crippen MR) is 140 cm³/mol. The highest BCUT2D eigenvalue weighted by Gasteiger charge is 2.61. The molecule has 1 aromatic carbocycles. The van der Waals surface area contributed by atoms with Crippen molar-refractivity contribution in [1.82, 2.24) is 0 Å². The highest BCUT2D eigenvalue weighted by molar-refractivity contribution is 7.91. The fraction of sp³-hybridized carbons (Fsp3) is 0.667. The zero-order valence-electron chi connectivity index (χ0n) is 22.7. The lowest BCUT2D eigenvalue weighted by molar-refractivity contribution is -0.285. The van der Waals surface area contributed by atoms with Gasteiger partial charge in [-0.3, -0.25) is 4.79 Å². The van der Waals surface area contributed by atoms with Gasteiger partial charge in [-0.1, -0.05) is 66.3 Å². The number of ether oxygens (including phenoxy) is 2. The molecule has 1 aromatic rings. The van der Waals surface area contributed by atoms with Crippen LogP contribution >= 0.6 is 0 Å². The summed E-state index contributed by atoms with van der Waals surface area (Å²) in [6, 6.07) is 8.33. The molecular weight excluding hydrogens is 480 g/mol. The third-order valence-electron chi connectivity index (χ3n) is 8.06. The first-order chi connectivity index (χ1) is 15.8. The lowest BCUT2D eigenvalue weighted by atomic mass is 9.63. The SMILES string of the molecule is C=C1[C@@H](CS(=O)(=O)c2ccccc2)[C@]2(C)C(=O)O[C@@H](C(C)(C)C)O[C@H]2C[C@H]1O[Si](C)(C)C(C)(C)C. The summed E-state index contributed by atoms with van der Waals surface area (Å²) in [7, 11) is -5.93. The van der Waals surface area contributed by atoms with E-state index in [-0.39, 0.29) is 15.7 Å². The molecule has 0 bridgehead atoms. The van der Waals surface area contributed by atoms with Gasteiger partial charge in [-0.05, 0) is 42.8 Å². The van der Waals surface area contributed by atoms with Crippen LogP contribution in [0.15, 0.2) is 47.4 Å². The van der Waals surface area contributed by atoms with Crippen LogP contribution in [0.5, 0.6) is 0 Å². The number of esters is 1. The molecular formula is C27H42O6SSi. The van der Waals surface area contributed by atoms with Crippen LogP contribution < -0.4 is 0 Å². The Morgan fingerprint density at radius 1 is 1.11 bits per heavy atom. The minimum atomic E-state index is -3.71. The zero-order chi connectivity index (χ0) is 26.6. The molecule has 1 heterocycles. The highest BCUT2D eigenvalue weighted by Crippen LogP contribution is 2.53. The van der Waals surface area contributed by atoms with Crippen molar-refractivity contribution >= 4 is 24.1 Å². The first-order valence-electron chi connectivity index (χ1n) is 12.3. The van der Waals surface area contributed by atoms with Gasteiger partial charge in [0.2, 0.25) is 6.29 Å². The van der Waals surface area contributed by atoms with Gasteiger partial charge < -0.3 is 13.9 Å². The zero-order valence-corrected chi connectivity index (χ0v) is 24.5. The number of hydrogen-bond acceptors (Lipinski definition) is 6. The Bertz CT molecular complexity index is 1070. The van der Waals surface area contributed by atoms with Crippen molar-refractivity contribution < 1.29 is 27.1 Å². The average molecular weight is 523 g/mol. The second-order valence-corrected chi connectivity index (χ2v) is 19.6. The third kappa shape index (κ3) is 5.31. The molecule has 5 atom stereocenters. The van der Waals surface area contributed by atoms with Gasteiger partial charge in [0.15, 0.2) is 18.2 Å². The smallest absolute Gasteiger partial charge is 0.317 e. The van der Waals surface area contributed by atoms with Crippen LogP contribution in [0.4, 0.5) is 0 Å². The van der Waals surface area contributed by atoms with E-state index in [9.17, 15) is 13.2 Å². The standard InChI is InChI=1S/C27H42O6SSi/c1-18-20(17-34(29,30)19-14-12-11-13-15-19)27(8)22(31-24(25(2,3)4)32-23(27)28)16-21(18)33-35(9,10)26(5,6)7/h11-15,20-22,24H,1,16-17H2,2-10H3/t20-,21-,22+,24+,27+/m1/s1. The molecule has 1 aliphatic heterocycles. The Morgan fingerprint density at radius 2 is 1.69 bits per heavy atom. The van der Waals surface area contributed by atoms with Gasteiger partial charge in [0.05, 0.1) is 28.3 Å². The Balaban J connectivity index is 2.06. The average Bonchev–Trinajstić information content (AvgIpc) is 2.72. The number of benzene rings is 1. The molecule has 8 heteroatoms. The Kier molecular flexibility index (Phi) is 7.32. The summed E-state index contributed by atoms with van der Waals surface area (Å²) in [4.78, 5) is 13.8. The van der Waals surface area contributed by atoms with Crippen molar-refractivity contribution in [1.29, 1.82) is 0 Å². The summed E-state index contributed by atoms with van der Waals surface area (Å²) in [5.41, 5.74) is -0.983. The van der Waals surface area contributed by atoms with Crippen molar-refractivity contribution in [2.75, 3.05) is 5.75 Å². The number of carbonyl (C=O) groups excluding carboxylic acids is 1. The van der Waals surface area contributed by atoms with E-state index in [1.165, 1.54) is 0 Å². The summed E-state index contributed by atoms with van der Waals surface area (Å²) < 4.78 is 45.9. The summed E-state index contributed by atoms with van der Waals surface area (Å²) in [5, 5.41) is -0.0417. The van der Waals surface area contributed by atoms with E-state index in [4.69, 9.17) is 13.9 Å². The molecule has 3 rings (SSSR count). The number of sulfone groups is 1. The van der Waals surface area contributed by atoms with Crippen molar-refractivity contribution in [3.63, 3.8) is 0 Å². The molecule has 1 aliphatic carbocycles. The second kappa shape index (κ2) is 9.12. The van der Waals surface area contributed by atoms with Gasteiger partial charge in [0, 0.05) is 17.8 Å². The summed E-state index contributed by atoms with van der Waals surface area (Å²) in [5.74, 6) is -1.41. The Hall–Kier alpha value is -1.48. The van der Waals surface area contributed by atoms with Crippen LogP contribution in [-0.2, 0) is 28.5 Å². The van der Waals surface area contributed by atoms with Crippen molar-refractivity contribution in [3.8, 4) is 0 Å². The Labute approximate surface area is 212 Å². The normalized spacial score (nSPS) is 30.5. The fourth-order valence-electron chi connectivity index (χ4n) is 4.56. The topological polar surface area (TPSA) is 78.9 Å². The number of rotatable bonds is 5. The third-order valence-corrected chi connectivity index (χ3v) is 14.3. The lowest BCUT2D eigenvalue weighted by Crippen LogP contribution is -2.63. The van der Waals surface area contributed by atoms with Crippen LogP contribution in [-0.4, -0.2) is 47.0 Å². The molecule has 0 radical (unpaired) electrons. The number of carbonyl (C=O) groups is 1. The highest BCUT2D eigenvalue weighted by atomic mass is 32.2. The lowest BCUT2D eigenvalue weighted by Gasteiger charge is -2.55. The summed E-state index contributed by atoms with van der Waals surface area (Å²) in [6.07, 6.45) is -1.24. The number of fused-ring (bicyclic) bond motifs is 1. The van der Waals surface area contributed by atoms with Gasteiger partial charge >= 0.3 is 5.97 Å². The first-order valence-corrected chi connectivity index (χ1v) is 16.9. The van der Waals surface area contributed by atoms with Gasteiger partial charge in [-0.25, -0.2) is 8.42 Å². The molecule has 6 nitrogen and oxygen atoms in total. The molecule has 2 fully saturated rings. The van der Waals surface area contributed by atoms with E-state index in [1.54, 1.807) is 37.3 Å². The molecule has 0 aromatic heterocycles. The van der Waals surface area contributed by atoms with Gasteiger partial charge in [-0.2, -0.15) is 0 Å². The maximum atomic E-state index is 13.6. The molecule has 2 aliphatic rings. The molecule has 0 amide bonds. The maximum Gasteiger partial charge on any atom is 0.317 e. The molecule has 35 heavy (non-hydrogen) atoms. The molecule has 1 saturated heterocycles. The van der Waals surface area contributed by atoms with E-state index in [2.05, 4.69) is 40.4 Å². The second-order valence-electron chi connectivity index (χ2n) is 12.8.